The molecular weight excluding hydrogens is 412 g/mol. The fourth-order valence-electron chi connectivity index (χ4n) is 2.99. The van der Waals surface area contributed by atoms with Crippen LogP contribution in [0, 0.1) is 13.8 Å². The van der Waals surface area contributed by atoms with Gasteiger partial charge in [-0.25, -0.2) is 15.0 Å². The zero-order valence-corrected chi connectivity index (χ0v) is 18.4. The van der Waals surface area contributed by atoms with Crippen molar-refractivity contribution < 1.29 is 19.1 Å². The van der Waals surface area contributed by atoms with E-state index in [0.717, 1.165) is 5.69 Å². The van der Waals surface area contributed by atoms with Crippen molar-refractivity contribution in [1.29, 1.82) is 0 Å². The number of rotatable bonds is 7. The summed E-state index contributed by atoms with van der Waals surface area (Å²) in [6.45, 7) is 3.64. The van der Waals surface area contributed by atoms with E-state index in [1.54, 1.807) is 37.3 Å². The number of benzene rings is 1. The van der Waals surface area contributed by atoms with Gasteiger partial charge in [-0.3, -0.25) is 9.59 Å². The Hall–Kier alpha value is -4.21. The highest BCUT2D eigenvalue weighted by molar-refractivity contribution is 6.09. The first-order valence-corrected chi connectivity index (χ1v) is 9.68. The van der Waals surface area contributed by atoms with Crippen LogP contribution in [0.15, 0.2) is 36.5 Å². The highest BCUT2D eigenvalue weighted by Gasteiger charge is 2.17. The molecule has 3 aromatic rings. The van der Waals surface area contributed by atoms with Crippen molar-refractivity contribution in [1.82, 2.24) is 20.3 Å². The number of ether oxygens (including phenoxy) is 2. The Labute approximate surface area is 185 Å². The third-order valence-electron chi connectivity index (χ3n) is 4.46. The molecule has 0 aliphatic heterocycles. The minimum Gasteiger partial charge on any atom is -0.497 e. The molecule has 3 rings (SSSR count). The molecule has 166 valence electrons. The number of nitrogens with one attached hydrogen (secondary N) is 3. The van der Waals surface area contributed by atoms with E-state index < -0.39 is 11.8 Å². The number of nitrogens with zero attached hydrogens (tertiary/aromatic N) is 3. The van der Waals surface area contributed by atoms with E-state index in [4.69, 9.17) is 9.47 Å². The molecule has 0 bridgehead atoms. The second kappa shape index (κ2) is 9.73. The quantitative estimate of drug-likeness (QED) is 0.516. The van der Waals surface area contributed by atoms with Crippen molar-refractivity contribution in [2.75, 3.05) is 31.9 Å². The van der Waals surface area contributed by atoms with Crippen LogP contribution in [0.25, 0.3) is 0 Å². The molecule has 2 heterocycles. The molecule has 3 N–H and O–H groups in total. The second-order valence-corrected chi connectivity index (χ2v) is 6.82. The lowest BCUT2D eigenvalue weighted by Crippen LogP contribution is -2.22. The molecule has 2 aromatic heterocycles. The van der Waals surface area contributed by atoms with Gasteiger partial charge >= 0.3 is 0 Å². The van der Waals surface area contributed by atoms with Crippen LogP contribution in [-0.2, 0) is 0 Å². The summed E-state index contributed by atoms with van der Waals surface area (Å²) >= 11 is 0. The molecule has 0 unspecified atom stereocenters. The van der Waals surface area contributed by atoms with E-state index in [2.05, 4.69) is 30.9 Å². The van der Waals surface area contributed by atoms with Crippen LogP contribution in [-0.4, -0.2) is 48.0 Å². The van der Waals surface area contributed by atoms with Crippen LogP contribution in [0.2, 0.25) is 0 Å². The van der Waals surface area contributed by atoms with E-state index in [0.29, 0.717) is 34.5 Å². The van der Waals surface area contributed by atoms with Crippen molar-refractivity contribution in [3.63, 3.8) is 0 Å². The van der Waals surface area contributed by atoms with Gasteiger partial charge in [-0.15, -0.1) is 0 Å². The summed E-state index contributed by atoms with van der Waals surface area (Å²) in [7, 11) is 4.49. The third-order valence-corrected chi connectivity index (χ3v) is 4.46. The van der Waals surface area contributed by atoms with Gasteiger partial charge in [0.25, 0.3) is 11.8 Å². The molecule has 0 spiro atoms. The lowest BCUT2D eigenvalue weighted by atomic mass is 10.1. The Balaban J connectivity index is 1.95. The predicted octanol–water partition coefficient (Wildman–Crippen LogP) is 2.86. The van der Waals surface area contributed by atoms with Crippen LogP contribution in [0.4, 0.5) is 17.3 Å². The van der Waals surface area contributed by atoms with Gasteiger partial charge in [0.15, 0.2) is 0 Å². The molecule has 0 fully saturated rings. The Bertz CT molecular complexity index is 1120. The highest BCUT2D eigenvalue weighted by atomic mass is 16.5. The van der Waals surface area contributed by atoms with Crippen molar-refractivity contribution >= 4 is 29.1 Å². The molecule has 0 saturated heterocycles. The van der Waals surface area contributed by atoms with E-state index in [-0.39, 0.29) is 11.3 Å². The first kappa shape index (κ1) is 22.5. The van der Waals surface area contributed by atoms with Crippen molar-refractivity contribution in [2.45, 2.75) is 13.8 Å². The van der Waals surface area contributed by atoms with E-state index in [9.17, 15) is 9.59 Å². The number of aromatic nitrogens is 3. The summed E-state index contributed by atoms with van der Waals surface area (Å²) < 4.78 is 10.5. The van der Waals surface area contributed by atoms with Crippen LogP contribution in [0.3, 0.4) is 0 Å². The summed E-state index contributed by atoms with van der Waals surface area (Å²) in [6.07, 6.45) is 1.38. The number of hydrogen-bond donors (Lipinski definition) is 3. The van der Waals surface area contributed by atoms with Crippen molar-refractivity contribution in [3.05, 3.63) is 59.2 Å². The molecule has 0 aliphatic rings. The molecule has 0 aliphatic carbocycles. The molecule has 0 saturated carbocycles. The number of carbonyl (C=O) groups is 2. The molecule has 0 radical (unpaired) electrons. The maximum absolute atomic E-state index is 13.0. The molecule has 2 amide bonds. The molecule has 10 nitrogen and oxygen atoms in total. The van der Waals surface area contributed by atoms with Gasteiger partial charge in [0, 0.05) is 42.7 Å². The smallest absolute Gasteiger partial charge is 0.255 e. The fourth-order valence-corrected chi connectivity index (χ4v) is 2.99. The van der Waals surface area contributed by atoms with E-state index >= 15 is 0 Å². The molecular formula is C22H24N6O4. The average Bonchev–Trinajstić information content (AvgIpc) is 2.77. The van der Waals surface area contributed by atoms with Gasteiger partial charge < -0.3 is 25.4 Å². The summed E-state index contributed by atoms with van der Waals surface area (Å²) in [5.41, 5.74) is 1.58. The molecule has 0 atom stereocenters. The lowest BCUT2D eigenvalue weighted by molar-refractivity contribution is 0.0963. The zero-order valence-electron chi connectivity index (χ0n) is 18.4. The van der Waals surface area contributed by atoms with Gasteiger partial charge in [-0.1, -0.05) is 0 Å². The van der Waals surface area contributed by atoms with Crippen LogP contribution in [0.5, 0.6) is 11.5 Å². The summed E-state index contributed by atoms with van der Waals surface area (Å²) in [6, 6.07) is 8.14. The summed E-state index contributed by atoms with van der Waals surface area (Å²) in [4.78, 5) is 38.1. The number of pyridine rings is 1. The molecule has 10 heteroatoms. The minimum atomic E-state index is -0.446. The average molecular weight is 436 g/mol. The zero-order chi connectivity index (χ0) is 23.3. The third kappa shape index (κ3) is 5.28. The molecule has 1 aromatic carbocycles. The SMILES string of the molecule is CNC(=O)c1cnc(Nc2cc(C)nc(C)n2)cc1NC(=O)c1cc(OC)cc(OC)c1. The van der Waals surface area contributed by atoms with Gasteiger partial charge in [-0.05, 0) is 26.0 Å². The van der Waals surface area contributed by atoms with Crippen LogP contribution >= 0.6 is 0 Å². The first-order valence-electron chi connectivity index (χ1n) is 9.68. The maximum Gasteiger partial charge on any atom is 0.255 e. The number of hydrogen-bond acceptors (Lipinski definition) is 8. The standard InChI is InChI=1S/C22H24N6O4/c1-12-6-20(26-13(2)25-12)28-19-10-18(17(11-24-19)22(30)23-3)27-21(29)14-7-15(31-4)9-16(8-14)32-5/h6-11H,1-5H3,(H,23,30)(H2,24,25,26,27,28,29). The number of carbonyl (C=O) groups excluding carboxylic acids is 2. The number of methoxy groups -OCH3 is 2. The second-order valence-electron chi connectivity index (χ2n) is 6.82. The first-order chi connectivity index (χ1) is 15.3. The number of anilines is 3. The maximum atomic E-state index is 13.0. The summed E-state index contributed by atoms with van der Waals surface area (Å²) in [5, 5.41) is 8.39. The fraction of sp³-hybridized carbons (Fsp3) is 0.227. The normalized spacial score (nSPS) is 10.3. The Morgan fingerprint density at radius 2 is 1.56 bits per heavy atom. The van der Waals surface area contributed by atoms with Crippen molar-refractivity contribution in [3.8, 4) is 11.5 Å². The van der Waals surface area contributed by atoms with E-state index in [1.807, 2.05) is 6.92 Å². The largest absolute Gasteiger partial charge is 0.497 e. The van der Waals surface area contributed by atoms with Crippen LogP contribution in [0.1, 0.15) is 32.2 Å². The van der Waals surface area contributed by atoms with Gasteiger partial charge in [0.05, 0.1) is 25.5 Å². The number of aryl methyl sites for hydroxylation is 2. The van der Waals surface area contributed by atoms with Gasteiger partial charge in [-0.2, -0.15) is 0 Å². The topological polar surface area (TPSA) is 127 Å². The van der Waals surface area contributed by atoms with Gasteiger partial charge in [0.2, 0.25) is 0 Å². The van der Waals surface area contributed by atoms with Gasteiger partial charge in [0.1, 0.15) is 29.0 Å². The van der Waals surface area contributed by atoms with Crippen LogP contribution < -0.4 is 25.4 Å². The lowest BCUT2D eigenvalue weighted by Gasteiger charge is -2.14. The summed E-state index contributed by atoms with van der Waals surface area (Å²) in [5.74, 6) is 1.64. The minimum absolute atomic E-state index is 0.205. The van der Waals surface area contributed by atoms with Crippen molar-refractivity contribution in [2.24, 2.45) is 0 Å². The monoisotopic (exact) mass is 436 g/mol. The molecule has 32 heavy (non-hydrogen) atoms. The Kier molecular flexibility index (Phi) is 6.83. The highest BCUT2D eigenvalue weighted by Crippen LogP contribution is 2.25. The Morgan fingerprint density at radius 1 is 0.875 bits per heavy atom. The number of amides is 2. The van der Waals surface area contributed by atoms with E-state index in [1.165, 1.54) is 27.5 Å². The Morgan fingerprint density at radius 3 is 2.16 bits per heavy atom. The predicted molar refractivity (Wildman–Crippen MR) is 120 cm³/mol.